The topological polar surface area (TPSA) is 130 Å². The first-order chi connectivity index (χ1) is 15.1. The van der Waals surface area contributed by atoms with E-state index in [1.165, 1.54) is 10.5 Å². The number of nitrogens with zero attached hydrogens (tertiary/aromatic N) is 4. The van der Waals surface area contributed by atoms with Gasteiger partial charge in [-0.3, -0.25) is 9.89 Å². The molecule has 0 saturated carbocycles. The second-order valence-corrected chi connectivity index (χ2v) is 9.63. The predicted molar refractivity (Wildman–Crippen MR) is 110 cm³/mol. The maximum absolute atomic E-state index is 13.8. The lowest BCUT2D eigenvalue weighted by atomic mass is 9.87. The van der Waals surface area contributed by atoms with Gasteiger partial charge in [-0.1, -0.05) is 6.92 Å². The summed E-state index contributed by atoms with van der Waals surface area (Å²) in [6, 6.07) is 2.64. The molecule has 1 amide bonds. The molecule has 1 aromatic carbocycles. The van der Waals surface area contributed by atoms with E-state index in [4.69, 9.17) is 4.74 Å². The first-order valence-electron chi connectivity index (χ1n) is 9.72. The zero-order chi connectivity index (χ0) is 23.0. The summed E-state index contributed by atoms with van der Waals surface area (Å²) in [5.74, 6) is -2.43. The van der Waals surface area contributed by atoms with Crippen molar-refractivity contribution in [3.8, 4) is 11.8 Å². The second kappa shape index (κ2) is 8.39. The molecule has 1 aliphatic rings. The largest absolute Gasteiger partial charge is 0.421 e. The van der Waals surface area contributed by atoms with Crippen LogP contribution >= 0.6 is 0 Å². The van der Waals surface area contributed by atoms with Gasteiger partial charge < -0.3 is 10.1 Å². The third kappa shape index (κ3) is 4.53. The average molecular weight is 466 g/mol. The van der Waals surface area contributed by atoms with Crippen LogP contribution in [0.25, 0.3) is 11.0 Å². The Kier molecular flexibility index (Phi) is 5.77. The Bertz CT molecular complexity index is 1280. The molecule has 4 rings (SSSR count). The number of carbonyl (C=O) groups is 1. The SMILES string of the molecule is CC1CN(S(C)(=O)=O)CCC1C(=O)Nc1[nH]nc2nc(Oc3ccc(F)cc3F)ncc12. The normalized spacial score (nSPS) is 19.8. The molecule has 0 bridgehead atoms. The second-order valence-electron chi connectivity index (χ2n) is 7.65. The maximum atomic E-state index is 13.8. The number of H-pyrrole nitrogens is 1. The molecule has 2 unspecified atom stereocenters. The van der Waals surface area contributed by atoms with Gasteiger partial charge in [-0.05, 0) is 24.5 Å². The van der Waals surface area contributed by atoms with Crippen molar-refractivity contribution in [2.24, 2.45) is 11.8 Å². The molecular weight excluding hydrogens is 446 g/mol. The van der Waals surface area contributed by atoms with Crippen LogP contribution in [0.15, 0.2) is 24.4 Å². The number of ether oxygens (including phenoxy) is 1. The van der Waals surface area contributed by atoms with Crippen molar-refractivity contribution < 1.29 is 26.7 Å². The molecule has 1 aliphatic heterocycles. The van der Waals surface area contributed by atoms with Gasteiger partial charge in [-0.25, -0.2) is 26.5 Å². The number of sulfonamides is 1. The van der Waals surface area contributed by atoms with Crippen molar-refractivity contribution in [3.63, 3.8) is 0 Å². The molecule has 0 radical (unpaired) electrons. The van der Waals surface area contributed by atoms with E-state index in [0.717, 1.165) is 18.4 Å². The van der Waals surface area contributed by atoms with Gasteiger partial charge in [0.15, 0.2) is 17.2 Å². The Morgan fingerprint density at radius 2 is 2.12 bits per heavy atom. The monoisotopic (exact) mass is 466 g/mol. The highest BCUT2D eigenvalue weighted by Gasteiger charge is 2.34. The fourth-order valence-electron chi connectivity index (χ4n) is 3.60. The number of fused-ring (bicyclic) bond motifs is 1. The fraction of sp³-hybridized carbons (Fsp3) is 0.368. The van der Waals surface area contributed by atoms with Crippen molar-refractivity contribution in [3.05, 3.63) is 36.0 Å². The minimum Gasteiger partial charge on any atom is -0.421 e. The highest BCUT2D eigenvalue weighted by molar-refractivity contribution is 7.88. The molecule has 13 heteroatoms. The highest BCUT2D eigenvalue weighted by Crippen LogP contribution is 2.28. The number of aromatic amines is 1. The van der Waals surface area contributed by atoms with Crippen LogP contribution in [-0.4, -0.2) is 58.1 Å². The van der Waals surface area contributed by atoms with Crippen molar-refractivity contribution in [1.82, 2.24) is 24.5 Å². The van der Waals surface area contributed by atoms with Gasteiger partial charge in [-0.15, -0.1) is 0 Å². The summed E-state index contributed by atoms with van der Waals surface area (Å²) in [5, 5.41) is 9.84. The number of benzene rings is 1. The van der Waals surface area contributed by atoms with Crippen LogP contribution in [-0.2, 0) is 14.8 Å². The van der Waals surface area contributed by atoms with Gasteiger partial charge in [-0.2, -0.15) is 10.1 Å². The summed E-state index contributed by atoms with van der Waals surface area (Å²) in [7, 11) is -3.30. The van der Waals surface area contributed by atoms with Gasteiger partial charge in [0.05, 0.1) is 11.6 Å². The van der Waals surface area contributed by atoms with Gasteiger partial charge in [0.2, 0.25) is 15.9 Å². The molecule has 3 aromatic rings. The van der Waals surface area contributed by atoms with E-state index in [-0.39, 0.29) is 54.1 Å². The summed E-state index contributed by atoms with van der Waals surface area (Å²) in [6.07, 6.45) is 2.90. The third-order valence-corrected chi connectivity index (χ3v) is 6.58. The lowest BCUT2D eigenvalue weighted by Gasteiger charge is -2.34. The Morgan fingerprint density at radius 1 is 1.34 bits per heavy atom. The molecule has 3 heterocycles. The molecule has 0 spiro atoms. The number of halogens is 2. The van der Waals surface area contributed by atoms with Crippen molar-refractivity contribution in [1.29, 1.82) is 0 Å². The first-order valence-corrected chi connectivity index (χ1v) is 11.6. The average Bonchev–Trinajstić information content (AvgIpc) is 3.11. The Hall–Kier alpha value is -3.19. The van der Waals surface area contributed by atoms with E-state index >= 15 is 0 Å². The number of anilines is 1. The number of carbonyl (C=O) groups excluding carboxylic acids is 1. The lowest BCUT2D eigenvalue weighted by Crippen LogP contribution is -2.45. The van der Waals surface area contributed by atoms with Gasteiger partial charge >= 0.3 is 6.01 Å². The predicted octanol–water partition coefficient (Wildman–Crippen LogP) is 2.28. The summed E-state index contributed by atoms with van der Waals surface area (Å²) in [5.41, 5.74) is 0.174. The maximum Gasteiger partial charge on any atom is 0.324 e. The molecule has 2 atom stereocenters. The number of rotatable bonds is 5. The molecular formula is C19H20F2N6O4S. The molecule has 2 aromatic heterocycles. The minimum absolute atomic E-state index is 0.172. The van der Waals surface area contributed by atoms with Gasteiger partial charge in [0.25, 0.3) is 0 Å². The van der Waals surface area contributed by atoms with Crippen LogP contribution in [0.1, 0.15) is 13.3 Å². The number of nitrogens with one attached hydrogen (secondary N) is 2. The number of amides is 1. The van der Waals surface area contributed by atoms with Crippen LogP contribution in [0.5, 0.6) is 11.8 Å². The number of aromatic nitrogens is 4. The van der Waals surface area contributed by atoms with Crippen LogP contribution in [0.2, 0.25) is 0 Å². The van der Waals surface area contributed by atoms with Gasteiger partial charge in [0.1, 0.15) is 11.6 Å². The zero-order valence-electron chi connectivity index (χ0n) is 17.2. The van der Waals surface area contributed by atoms with Crippen LogP contribution in [0.3, 0.4) is 0 Å². The summed E-state index contributed by atoms with van der Waals surface area (Å²) in [4.78, 5) is 20.8. The van der Waals surface area contributed by atoms with E-state index < -0.39 is 21.7 Å². The molecule has 1 saturated heterocycles. The summed E-state index contributed by atoms with van der Waals surface area (Å²) in [6.45, 7) is 2.37. The summed E-state index contributed by atoms with van der Waals surface area (Å²) < 4.78 is 56.9. The third-order valence-electron chi connectivity index (χ3n) is 5.31. The van der Waals surface area contributed by atoms with Crippen LogP contribution in [0, 0.1) is 23.5 Å². The van der Waals surface area contributed by atoms with Crippen LogP contribution < -0.4 is 10.1 Å². The van der Waals surface area contributed by atoms with Crippen molar-refractivity contribution in [2.45, 2.75) is 13.3 Å². The zero-order valence-corrected chi connectivity index (χ0v) is 18.0. The highest BCUT2D eigenvalue weighted by atomic mass is 32.2. The number of hydrogen-bond donors (Lipinski definition) is 2. The minimum atomic E-state index is -3.30. The summed E-state index contributed by atoms with van der Waals surface area (Å²) >= 11 is 0. The lowest BCUT2D eigenvalue weighted by molar-refractivity contribution is -0.122. The molecule has 32 heavy (non-hydrogen) atoms. The van der Waals surface area contributed by atoms with Crippen molar-refractivity contribution >= 4 is 32.8 Å². The molecule has 10 nitrogen and oxygen atoms in total. The first kappa shape index (κ1) is 22.0. The van der Waals surface area contributed by atoms with Crippen LogP contribution in [0.4, 0.5) is 14.6 Å². The molecule has 170 valence electrons. The quantitative estimate of drug-likeness (QED) is 0.590. The van der Waals surface area contributed by atoms with E-state index in [2.05, 4.69) is 25.5 Å². The fourth-order valence-corrected chi connectivity index (χ4v) is 4.55. The Morgan fingerprint density at radius 3 is 2.81 bits per heavy atom. The number of piperidine rings is 1. The van der Waals surface area contributed by atoms with E-state index in [1.807, 2.05) is 6.92 Å². The molecule has 1 fully saturated rings. The van der Waals surface area contributed by atoms with Gasteiger partial charge in [0, 0.05) is 31.3 Å². The van der Waals surface area contributed by atoms with E-state index in [1.54, 1.807) is 0 Å². The van der Waals surface area contributed by atoms with E-state index in [9.17, 15) is 22.0 Å². The molecule has 2 N–H and O–H groups in total. The van der Waals surface area contributed by atoms with E-state index in [0.29, 0.717) is 17.9 Å². The smallest absolute Gasteiger partial charge is 0.324 e. The standard InChI is InChI=1S/C19H20F2N6O4S/c1-10-9-27(32(2,29)30)6-5-12(10)18(28)23-16-13-8-22-19(24-17(13)26-25-16)31-15-4-3-11(20)7-14(15)21/h3-4,7-8,10,12H,5-6,9H2,1-2H3,(H2,22,23,24,25,26,28). The molecule has 0 aliphatic carbocycles. The van der Waals surface area contributed by atoms with Crippen molar-refractivity contribution in [2.75, 3.05) is 24.7 Å². The number of hydrogen-bond acceptors (Lipinski definition) is 7. The Labute approximate surface area is 182 Å². The Balaban J connectivity index is 1.47.